The van der Waals surface area contributed by atoms with Crippen LogP contribution in [0.2, 0.25) is 0 Å². The number of carbonyl (C=O) groups excluding carboxylic acids is 2. The molecule has 2 amide bonds. The highest BCUT2D eigenvalue weighted by molar-refractivity contribution is 5.97. The maximum atomic E-state index is 13.1. The van der Waals surface area contributed by atoms with Gasteiger partial charge in [-0.2, -0.15) is 0 Å². The molecule has 1 aliphatic carbocycles. The fraction of sp³-hybridized carbons (Fsp3) is 0.636. The van der Waals surface area contributed by atoms with Crippen molar-refractivity contribution in [3.8, 4) is 11.5 Å². The van der Waals surface area contributed by atoms with E-state index in [1.54, 1.807) is 32.4 Å². The van der Waals surface area contributed by atoms with E-state index in [0.717, 1.165) is 12.8 Å². The third kappa shape index (κ3) is 4.83. The van der Waals surface area contributed by atoms with E-state index in [1.807, 2.05) is 11.8 Å². The number of nitrogens with one attached hydrogen (secondary N) is 1. The summed E-state index contributed by atoms with van der Waals surface area (Å²) in [6.07, 6.45) is 4.64. The van der Waals surface area contributed by atoms with Crippen molar-refractivity contribution < 1.29 is 19.1 Å². The zero-order valence-corrected chi connectivity index (χ0v) is 17.8. The molecule has 160 valence electrons. The van der Waals surface area contributed by atoms with Gasteiger partial charge in [-0.3, -0.25) is 14.5 Å². The molecule has 1 aliphatic heterocycles. The van der Waals surface area contributed by atoms with Crippen molar-refractivity contribution in [1.82, 2.24) is 15.1 Å². The Hall–Kier alpha value is -2.28. The van der Waals surface area contributed by atoms with Gasteiger partial charge in [0.05, 0.1) is 25.8 Å². The summed E-state index contributed by atoms with van der Waals surface area (Å²) in [5.41, 5.74) is 0.540. The van der Waals surface area contributed by atoms with Crippen molar-refractivity contribution in [2.45, 2.75) is 38.6 Å². The topological polar surface area (TPSA) is 71.1 Å². The van der Waals surface area contributed by atoms with Gasteiger partial charge in [0.2, 0.25) is 5.91 Å². The lowest BCUT2D eigenvalue weighted by atomic mass is 9.95. The summed E-state index contributed by atoms with van der Waals surface area (Å²) in [5.74, 6) is 1.69. The van der Waals surface area contributed by atoms with Gasteiger partial charge in [0, 0.05) is 38.8 Å². The minimum absolute atomic E-state index is 0.0421. The molecule has 0 spiro atoms. The lowest BCUT2D eigenvalue weighted by molar-refractivity contribution is -0.129. The van der Waals surface area contributed by atoms with Gasteiger partial charge in [0.1, 0.15) is 11.5 Å². The zero-order chi connectivity index (χ0) is 20.8. The van der Waals surface area contributed by atoms with E-state index in [2.05, 4.69) is 10.2 Å². The number of hydrogen-bond donors (Lipinski definition) is 1. The molecule has 1 aromatic rings. The molecule has 2 aliphatic rings. The monoisotopic (exact) mass is 403 g/mol. The second kappa shape index (κ2) is 9.96. The summed E-state index contributed by atoms with van der Waals surface area (Å²) in [4.78, 5) is 29.9. The van der Waals surface area contributed by atoms with E-state index in [4.69, 9.17) is 9.47 Å². The molecule has 7 heteroatoms. The SMILES string of the molecule is CCNC(=O)[C@H](C1CCCC1)N1CCN(C(=O)c2ccc(OC)cc2OC)CC1. The van der Waals surface area contributed by atoms with Gasteiger partial charge >= 0.3 is 0 Å². The summed E-state index contributed by atoms with van der Waals surface area (Å²) in [5, 5.41) is 3.02. The largest absolute Gasteiger partial charge is 0.497 e. The second-order valence-corrected chi connectivity index (χ2v) is 7.78. The van der Waals surface area contributed by atoms with Crippen molar-refractivity contribution in [3.05, 3.63) is 23.8 Å². The van der Waals surface area contributed by atoms with Crippen LogP contribution in [0.3, 0.4) is 0 Å². The summed E-state index contributed by atoms with van der Waals surface area (Å²) in [6, 6.07) is 5.18. The smallest absolute Gasteiger partial charge is 0.257 e. The highest BCUT2D eigenvalue weighted by atomic mass is 16.5. The number of benzene rings is 1. The quantitative estimate of drug-likeness (QED) is 0.755. The third-order valence-corrected chi connectivity index (χ3v) is 6.10. The van der Waals surface area contributed by atoms with Crippen LogP contribution in [0.25, 0.3) is 0 Å². The fourth-order valence-electron chi connectivity index (χ4n) is 4.58. The first-order chi connectivity index (χ1) is 14.1. The Kier molecular flexibility index (Phi) is 7.36. The molecule has 0 unspecified atom stereocenters. The van der Waals surface area contributed by atoms with Crippen LogP contribution in [0.15, 0.2) is 18.2 Å². The number of hydrogen-bond acceptors (Lipinski definition) is 5. The molecule has 1 N–H and O–H groups in total. The Morgan fingerprint density at radius 2 is 1.79 bits per heavy atom. The Balaban J connectivity index is 1.67. The van der Waals surface area contributed by atoms with E-state index >= 15 is 0 Å². The third-order valence-electron chi connectivity index (χ3n) is 6.10. The average molecular weight is 404 g/mol. The minimum Gasteiger partial charge on any atom is -0.497 e. The van der Waals surface area contributed by atoms with Gasteiger partial charge in [-0.1, -0.05) is 12.8 Å². The molecule has 7 nitrogen and oxygen atoms in total. The first kappa shape index (κ1) is 21.4. The van der Waals surface area contributed by atoms with Gasteiger partial charge in [-0.05, 0) is 37.8 Å². The minimum atomic E-state index is -0.0785. The number of ether oxygens (including phenoxy) is 2. The average Bonchev–Trinajstić information content (AvgIpc) is 3.28. The van der Waals surface area contributed by atoms with Crippen molar-refractivity contribution >= 4 is 11.8 Å². The molecule has 1 aromatic carbocycles. The molecular formula is C22H33N3O4. The zero-order valence-electron chi connectivity index (χ0n) is 17.8. The van der Waals surface area contributed by atoms with Crippen molar-refractivity contribution in [2.75, 3.05) is 46.9 Å². The maximum absolute atomic E-state index is 13.1. The van der Waals surface area contributed by atoms with Gasteiger partial charge in [0.25, 0.3) is 5.91 Å². The molecule has 2 fully saturated rings. The normalized spacial score (nSPS) is 19.1. The van der Waals surface area contributed by atoms with E-state index in [0.29, 0.717) is 55.7 Å². The van der Waals surface area contributed by atoms with E-state index in [9.17, 15) is 9.59 Å². The van der Waals surface area contributed by atoms with Crippen LogP contribution in [0.4, 0.5) is 0 Å². The summed E-state index contributed by atoms with van der Waals surface area (Å²) in [7, 11) is 3.15. The lowest BCUT2D eigenvalue weighted by Gasteiger charge is -2.40. The van der Waals surface area contributed by atoms with Gasteiger partial charge < -0.3 is 19.7 Å². The maximum Gasteiger partial charge on any atom is 0.257 e. The van der Waals surface area contributed by atoms with Gasteiger partial charge in [-0.25, -0.2) is 0 Å². The molecule has 1 saturated carbocycles. The summed E-state index contributed by atoms with van der Waals surface area (Å²) in [6.45, 7) is 5.25. The molecule has 0 aromatic heterocycles. The van der Waals surface area contributed by atoms with Crippen LogP contribution < -0.4 is 14.8 Å². The lowest BCUT2D eigenvalue weighted by Crippen LogP contribution is -2.58. The predicted octanol–water partition coefficient (Wildman–Crippen LogP) is 2.16. The molecule has 1 heterocycles. The highest BCUT2D eigenvalue weighted by Gasteiger charge is 2.37. The van der Waals surface area contributed by atoms with Gasteiger partial charge in [-0.15, -0.1) is 0 Å². The van der Waals surface area contributed by atoms with Crippen LogP contribution in [0, 0.1) is 5.92 Å². The molecular weight excluding hydrogens is 370 g/mol. The Labute approximate surface area is 173 Å². The van der Waals surface area contributed by atoms with E-state index < -0.39 is 0 Å². The van der Waals surface area contributed by atoms with Crippen LogP contribution in [0.5, 0.6) is 11.5 Å². The predicted molar refractivity (Wildman–Crippen MR) is 111 cm³/mol. The molecule has 0 radical (unpaired) electrons. The summed E-state index contributed by atoms with van der Waals surface area (Å²) >= 11 is 0. The Morgan fingerprint density at radius 3 is 2.38 bits per heavy atom. The fourth-order valence-corrected chi connectivity index (χ4v) is 4.58. The number of likely N-dealkylation sites (N-methyl/N-ethyl adjacent to an activating group) is 1. The Bertz CT molecular complexity index is 710. The number of methoxy groups -OCH3 is 2. The first-order valence-electron chi connectivity index (χ1n) is 10.6. The van der Waals surface area contributed by atoms with E-state index in [1.165, 1.54) is 12.8 Å². The molecule has 3 rings (SSSR count). The van der Waals surface area contributed by atoms with Crippen LogP contribution >= 0.6 is 0 Å². The number of piperazine rings is 1. The second-order valence-electron chi connectivity index (χ2n) is 7.78. The van der Waals surface area contributed by atoms with Crippen LogP contribution in [0.1, 0.15) is 43.0 Å². The van der Waals surface area contributed by atoms with Crippen molar-refractivity contribution in [2.24, 2.45) is 5.92 Å². The summed E-state index contributed by atoms with van der Waals surface area (Å²) < 4.78 is 10.6. The number of rotatable bonds is 7. The number of nitrogens with zero attached hydrogens (tertiary/aromatic N) is 2. The standard InChI is InChI=1S/C22H33N3O4/c1-4-23-21(26)20(16-7-5-6-8-16)24-11-13-25(14-12-24)22(27)18-10-9-17(28-2)15-19(18)29-3/h9-10,15-16,20H,4-8,11-14H2,1-3H3,(H,23,26)/t20-/m0/s1. The van der Waals surface area contributed by atoms with Gasteiger partial charge in [0.15, 0.2) is 0 Å². The molecule has 1 saturated heterocycles. The van der Waals surface area contributed by atoms with Crippen LogP contribution in [-0.2, 0) is 4.79 Å². The van der Waals surface area contributed by atoms with Crippen molar-refractivity contribution in [1.29, 1.82) is 0 Å². The molecule has 29 heavy (non-hydrogen) atoms. The molecule has 0 bridgehead atoms. The Morgan fingerprint density at radius 1 is 1.10 bits per heavy atom. The van der Waals surface area contributed by atoms with Crippen LogP contribution in [-0.4, -0.2) is 74.6 Å². The van der Waals surface area contributed by atoms with Crippen molar-refractivity contribution in [3.63, 3.8) is 0 Å². The first-order valence-corrected chi connectivity index (χ1v) is 10.6. The number of carbonyl (C=O) groups is 2. The van der Waals surface area contributed by atoms with E-state index in [-0.39, 0.29) is 17.9 Å². The molecule has 1 atom stereocenters. The highest BCUT2D eigenvalue weighted by Crippen LogP contribution is 2.31. The number of amides is 2.